The molecule has 4 heteroatoms. The van der Waals surface area contributed by atoms with Crippen molar-refractivity contribution in [3.05, 3.63) is 59.4 Å². The van der Waals surface area contributed by atoms with Crippen LogP contribution in [0, 0.1) is 28.5 Å². The van der Waals surface area contributed by atoms with Crippen LogP contribution in [0.15, 0.2) is 42.5 Å². The number of hydrogen-bond acceptors (Lipinski definition) is 3. The molecule has 1 N–H and O–H groups in total. The smallest absolute Gasteiger partial charge is 0.147 e. The fourth-order valence-electron chi connectivity index (χ4n) is 1.51. The molecule has 0 saturated carbocycles. The molecule has 2 aromatic rings. The summed E-state index contributed by atoms with van der Waals surface area (Å²) < 4.78 is 13.6. The topological polar surface area (TPSA) is 59.6 Å². The van der Waals surface area contributed by atoms with Crippen molar-refractivity contribution in [1.29, 1.82) is 10.5 Å². The van der Waals surface area contributed by atoms with Crippen molar-refractivity contribution in [2.75, 3.05) is 5.32 Å². The number of nitrogens with zero attached hydrogens (tertiary/aromatic N) is 2. The Bertz CT molecular complexity index is 665. The minimum absolute atomic E-state index is 0.267. The molecule has 0 atom stereocenters. The van der Waals surface area contributed by atoms with E-state index in [1.54, 1.807) is 24.3 Å². The Balaban J connectivity index is 2.29. The van der Waals surface area contributed by atoms with Gasteiger partial charge in [0.15, 0.2) is 0 Å². The maximum atomic E-state index is 13.6. The Morgan fingerprint density at radius 2 is 1.67 bits per heavy atom. The maximum absolute atomic E-state index is 13.6. The van der Waals surface area contributed by atoms with E-state index in [0.29, 0.717) is 11.3 Å². The fraction of sp³-hybridized carbons (Fsp3) is 0. The lowest BCUT2D eigenvalue weighted by Gasteiger charge is -2.07. The van der Waals surface area contributed by atoms with E-state index in [1.165, 1.54) is 12.1 Å². The molecule has 0 radical (unpaired) electrons. The van der Waals surface area contributed by atoms with E-state index in [4.69, 9.17) is 10.5 Å². The summed E-state index contributed by atoms with van der Waals surface area (Å²) in [5, 5.41) is 20.3. The molecule has 0 aliphatic heterocycles. The summed E-state index contributed by atoms with van der Waals surface area (Å²) in [5.41, 5.74) is 1.65. The highest BCUT2D eigenvalue weighted by atomic mass is 19.1. The second kappa shape index (κ2) is 4.99. The van der Waals surface area contributed by atoms with Crippen molar-refractivity contribution in [1.82, 2.24) is 0 Å². The van der Waals surface area contributed by atoms with Crippen molar-refractivity contribution in [3.8, 4) is 12.1 Å². The molecular weight excluding hydrogens is 229 g/mol. The first-order chi connectivity index (χ1) is 8.72. The van der Waals surface area contributed by atoms with Crippen molar-refractivity contribution in [2.45, 2.75) is 0 Å². The minimum atomic E-state index is -0.503. The van der Waals surface area contributed by atoms with Crippen molar-refractivity contribution in [2.24, 2.45) is 0 Å². The van der Waals surface area contributed by atoms with E-state index in [0.717, 1.165) is 6.07 Å². The number of halogens is 1. The molecule has 0 unspecified atom stereocenters. The van der Waals surface area contributed by atoms with Gasteiger partial charge in [0.1, 0.15) is 5.82 Å². The van der Waals surface area contributed by atoms with Crippen molar-refractivity contribution in [3.63, 3.8) is 0 Å². The highest BCUT2D eigenvalue weighted by molar-refractivity contribution is 5.62. The van der Waals surface area contributed by atoms with E-state index in [2.05, 4.69) is 5.32 Å². The van der Waals surface area contributed by atoms with Crippen LogP contribution < -0.4 is 5.32 Å². The van der Waals surface area contributed by atoms with Crippen LogP contribution in [-0.2, 0) is 0 Å². The van der Waals surface area contributed by atoms with Gasteiger partial charge in [-0.1, -0.05) is 6.07 Å². The zero-order valence-electron chi connectivity index (χ0n) is 9.31. The van der Waals surface area contributed by atoms with Crippen LogP contribution in [0.2, 0.25) is 0 Å². The van der Waals surface area contributed by atoms with E-state index < -0.39 is 5.82 Å². The molecule has 0 heterocycles. The van der Waals surface area contributed by atoms with E-state index in [1.807, 2.05) is 12.1 Å². The van der Waals surface area contributed by atoms with Gasteiger partial charge in [-0.05, 0) is 36.4 Å². The highest BCUT2D eigenvalue weighted by Crippen LogP contribution is 2.21. The van der Waals surface area contributed by atoms with E-state index >= 15 is 0 Å². The van der Waals surface area contributed by atoms with Crippen molar-refractivity contribution < 1.29 is 4.39 Å². The Morgan fingerprint density at radius 3 is 2.33 bits per heavy atom. The molecule has 0 aromatic heterocycles. The average Bonchev–Trinajstić information content (AvgIpc) is 2.41. The Morgan fingerprint density at radius 1 is 0.944 bits per heavy atom. The lowest BCUT2D eigenvalue weighted by atomic mass is 10.2. The highest BCUT2D eigenvalue weighted by Gasteiger charge is 2.04. The second-order valence-corrected chi connectivity index (χ2v) is 3.62. The lowest BCUT2D eigenvalue weighted by molar-refractivity contribution is 0.631. The summed E-state index contributed by atoms with van der Waals surface area (Å²) in [6, 6.07) is 14.8. The monoisotopic (exact) mass is 237 g/mol. The van der Waals surface area contributed by atoms with Gasteiger partial charge in [0.05, 0.1) is 29.0 Å². The van der Waals surface area contributed by atoms with Gasteiger partial charge in [0, 0.05) is 5.69 Å². The van der Waals surface area contributed by atoms with E-state index in [9.17, 15) is 4.39 Å². The Labute approximate surface area is 104 Å². The molecule has 0 aliphatic carbocycles. The average molecular weight is 237 g/mol. The van der Waals surface area contributed by atoms with Crippen LogP contribution in [0.5, 0.6) is 0 Å². The molecule has 0 fully saturated rings. The molecule has 3 nitrogen and oxygen atoms in total. The Kier molecular flexibility index (Phi) is 3.22. The van der Waals surface area contributed by atoms with Crippen molar-refractivity contribution >= 4 is 11.4 Å². The van der Waals surface area contributed by atoms with Crippen LogP contribution in [0.4, 0.5) is 15.8 Å². The lowest BCUT2D eigenvalue weighted by Crippen LogP contribution is -1.94. The van der Waals surface area contributed by atoms with Gasteiger partial charge >= 0.3 is 0 Å². The van der Waals surface area contributed by atoms with Crippen LogP contribution in [-0.4, -0.2) is 0 Å². The molecule has 0 aliphatic rings. The molecule has 0 amide bonds. The molecule has 0 spiro atoms. The predicted molar refractivity (Wildman–Crippen MR) is 65.6 cm³/mol. The first-order valence-corrected chi connectivity index (χ1v) is 5.20. The number of nitrogens with one attached hydrogen (secondary N) is 1. The number of anilines is 2. The summed E-state index contributed by atoms with van der Waals surface area (Å²) in [6.07, 6.45) is 0. The third-order valence-electron chi connectivity index (χ3n) is 2.37. The molecule has 2 aromatic carbocycles. The fourth-order valence-corrected chi connectivity index (χ4v) is 1.51. The normalized spacial score (nSPS) is 9.28. The SMILES string of the molecule is N#Cc1cccc(Nc2ccc(C#N)cc2F)c1. The summed E-state index contributed by atoms with van der Waals surface area (Å²) >= 11 is 0. The molecule has 18 heavy (non-hydrogen) atoms. The first kappa shape index (κ1) is 11.6. The summed E-state index contributed by atoms with van der Waals surface area (Å²) in [6.45, 7) is 0. The maximum Gasteiger partial charge on any atom is 0.147 e. The van der Waals surface area contributed by atoms with Gasteiger partial charge in [0.2, 0.25) is 0 Å². The van der Waals surface area contributed by atoms with E-state index in [-0.39, 0.29) is 11.3 Å². The number of benzene rings is 2. The summed E-state index contributed by atoms with van der Waals surface area (Å²) in [4.78, 5) is 0. The van der Waals surface area contributed by atoms with Gasteiger partial charge in [-0.3, -0.25) is 0 Å². The number of hydrogen-bond donors (Lipinski definition) is 1. The largest absolute Gasteiger partial charge is 0.353 e. The Hall–Kier alpha value is -2.85. The minimum Gasteiger partial charge on any atom is -0.353 e. The van der Waals surface area contributed by atoms with Gasteiger partial charge in [-0.2, -0.15) is 10.5 Å². The zero-order valence-corrected chi connectivity index (χ0v) is 9.31. The number of rotatable bonds is 2. The first-order valence-electron chi connectivity index (χ1n) is 5.20. The predicted octanol–water partition coefficient (Wildman–Crippen LogP) is 3.31. The third-order valence-corrected chi connectivity index (χ3v) is 2.37. The van der Waals surface area contributed by atoms with Gasteiger partial charge in [-0.15, -0.1) is 0 Å². The zero-order chi connectivity index (χ0) is 13.0. The quantitative estimate of drug-likeness (QED) is 0.871. The molecule has 0 bridgehead atoms. The van der Waals surface area contributed by atoms with Gasteiger partial charge < -0.3 is 5.32 Å². The standard InChI is InChI=1S/C14H8FN3/c15-13-7-11(9-17)4-5-14(13)18-12-3-1-2-10(6-12)8-16/h1-7,18H. The van der Waals surface area contributed by atoms with Crippen LogP contribution >= 0.6 is 0 Å². The van der Waals surface area contributed by atoms with Crippen LogP contribution in [0.3, 0.4) is 0 Å². The van der Waals surface area contributed by atoms with Crippen LogP contribution in [0.25, 0.3) is 0 Å². The second-order valence-electron chi connectivity index (χ2n) is 3.62. The molecular formula is C14H8FN3. The van der Waals surface area contributed by atoms with Gasteiger partial charge in [-0.25, -0.2) is 4.39 Å². The molecule has 2 rings (SSSR count). The summed E-state index contributed by atoms with van der Waals surface area (Å²) in [5.74, 6) is -0.503. The molecule has 0 saturated heterocycles. The third kappa shape index (κ3) is 2.45. The van der Waals surface area contributed by atoms with Gasteiger partial charge in [0.25, 0.3) is 0 Å². The van der Waals surface area contributed by atoms with Crippen LogP contribution in [0.1, 0.15) is 11.1 Å². The number of nitriles is 2. The molecule has 86 valence electrons. The summed E-state index contributed by atoms with van der Waals surface area (Å²) in [7, 11) is 0.